The number of hydrogen-bond acceptors (Lipinski definition) is 3. The standard InChI is InChI=1S/C5H8O3.CH3.Co/c1-3(6)5(8)4(2)7;;/h5,8H,1-2H3;1H3;/q;-1;. The molecule has 1 N–H and O–H groups in total. The van der Waals surface area contributed by atoms with E-state index in [1.165, 1.54) is 13.8 Å². The van der Waals surface area contributed by atoms with E-state index < -0.39 is 17.7 Å². The van der Waals surface area contributed by atoms with Gasteiger partial charge >= 0.3 is 0 Å². The largest absolute Gasteiger partial charge is 0.378 e. The smallest absolute Gasteiger partial charge is 0.170 e. The zero-order chi connectivity index (χ0) is 6.73. The summed E-state index contributed by atoms with van der Waals surface area (Å²) in [6, 6.07) is 0. The van der Waals surface area contributed by atoms with Crippen molar-refractivity contribution in [2.75, 3.05) is 0 Å². The maximum absolute atomic E-state index is 10.1. The van der Waals surface area contributed by atoms with E-state index in [1.807, 2.05) is 0 Å². The molecule has 0 bridgehead atoms. The van der Waals surface area contributed by atoms with Gasteiger partial charge in [0, 0.05) is 16.8 Å². The van der Waals surface area contributed by atoms with Crippen LogP contribution in [0.4, 0.5) is 0 Å². The van der Waals surface area contributed by atoms with Crippen LogP contribution >= 0.6 is 0 Å². The Kier molecular flexibility index (Phi) is 11.4. The van der Waals surface area contributed by atoms with Crippen molar-refractivity contribution in [3.63, 3.8) is 0 Å². The van der Waals surface area contributed by atoms with Crippen LogP contribution in [-0.4, -0.2) is 22.8 Å². The fourth-order valence-electron chi connectivity index (χ4n) is 0.286. The van der Waals surface area contributed by atoms with Crippen molar-refractivity contribution in [2.24, 2.45) is 0 Å². The van der Waals surface area contributed by atoms with Gasteiger partial charge in [0.25, 0.3) is 0 Å². The number of rotatable bonds is 2. The predicted octanol–water partition coefficient (Wildman–Crippen LogP) is -0.0269. The summed E-state index contributed by atoms with van der Waals surface area (Å²) in [5, 5.41) is 8.50. The zero-order valence-electron chi connectivity index (χ0n) is 6.17. The number of aliphatic hydroxyl groups is 1. The maximum Gasteiger partial charge on any atom is 0.170 e. The fourth-order valence-corrected chi connectivity index (χ4v) is 0.286. The van der Waals surface area contributed by atoms with Gasteiger partial charge in [-0.05, 0) is 13.8 Å². The quantitative estimate of drug-likeness (QED) is 0.491. The molecule has 0 rings (SSSR count). The Labute approximate surface area is 71.0 Å². The summed E-state index contributed by atoms with van der Waals surface area (Å²) in [6.45, 7) is 2.35. The molecule has 3 nitrogen and oxygen atoms in total. The molecule has 63 valence electrons. The molecule has 10 heavy (non-hydrogen) atoms. The van der Waals surface area contributed by atoms with Gasteiger partial charge in [-0.3, -0.25) is 9.59 Å². The van der Waals surface area contributed by atoms with E-state index >= 15 is 0 Å². The van der Waals surface area contributed by atoms with Crippen molar-refractivity contribution in [3.05, 3.63) is 7.43 Å². The number of Topliss-reactive ketones (excluding diaryl/α,β-unsaturated/α-hetero) is 2. The number of carbonyl (C=O) groups excluding carboxylic acids is 2. The molecule has 0 aliphatic heterocycles. The van der Waals surface area contributed by atoms with Gasteiger partial charge in [-0.2, -0.15) is 0 Å². The Hall–Kier alpha value is -0.194. The minimum absolute atomic E-state index is 0. The van der Waals surface area contributed by atoms with Gasteiger partial charge in [-0.1, -0.05) is 0 Å². The summed E-state index contributed by atoms with van der Waals surface area (Å²) in [5.74, 6) is -1.00. The Morgan fingerprint density at radius 1 is 1.20 bits per heavy atom. The third-order valence-electron chi connectivity index (χ3n) is 0.770. The second-order valence-corrected chi connectivity index (χ2v) is 1.62. The van der Waals surface area contributed by atoms with Gasteiger partial charge in [0.2, 0.25) is 0 Å². The minimum Gasteiger partial charge on any atom is -0.378 e. The van der Waals surface area contributed by atoms with Crippen LogP contribution in [0, 0.1) is 7.43 Å². The van der Waals surface area contributed by atoms with Crippen molar-refractivity contribution >= 4 is 11.6 Å². The number of ketones is 2. The van der Waals surface area contributed by atoms with Gasteiger partial charge in [0.15, 0.2) is 17.7 Å². The summed E-state index contributed by atoms with van der Waals surface area (Å²) < 4.78 is 0. The van der Waals surface area contributed by atoms with E-state index in [4.69, 9.17) is 5.11 Å². The van der Waals surface area contributed by atoms with Crippen molar-refractivity contribution in [1.29, 1.82) is 0 Å². The molecule has 0 spiro atoms. The second-order valence-electron chi connectivity index (χ2n) is 1.62. The van der Waals surface area contributed by atoms with E-state index in [0.29, 0.717) is 0 Å². The van der Waals surface area contributed by atoms with E-state index in [1.54, 1.807) is 0 Å². The molecule has 4 heteroatoms. The molecule has 0 atom stereocenters. The number of aliphatic hydroxyl groups excluding tert-OH is 1. The van der Waals surface area contributed by atoms with Gasteiger partial charge in [0.05, 0.1) is 0 Å². The summed E-state index contributed by atoms with van der Waals surface area (Å²) >= 11 is 0. The van der Waals surface area contributed by atoms with Crippen LogP contribution in [-0.2, 0) is 26.4 Å². The monoisotopic (exact) mass is 190 g/mol. The number of hydrogen-bond donors (Lipinski definition) is 1. The average molecular weight is 190 g/mol. The van der Waals surface area contributed by atoms with Gasteiger partial charge in [0.1, 0.15) is 0 Å². The van der Waals surface area contributed by atoms with Crippen molar-refractivity contribution in [1.82, 2.24) is 0 Å². The molecular formula is C6H11CoO3-. The van der Waals surface area contributed by atoms with Gasteiger partial charge < -0.3 is 12.5 Å². The summed E-state index contributed by atoms with van der Waals surface area (Å²) in [4.78, 5) is 20.2. The van der Waals surface area contributed by atoms with Crippen LogP contribution in [0.5, 0.6) is 0 Å². The fraction of sp³-hybridized carbons (Fsp3) is 0.500. The third-order valence-corrected chi connectivity index (χ3v) is 0.770. The Balaban J connectivity index is -0.000000245. The topological polar surface area (TPSA) is 54.4 Å². The van der Waals surface area contributed by atoms with Crippen LogP contribution in [0.15, 0.2) is 0 Å². The molecular weight excluding hydrogens is 179 g/mol. The maximum atomic E-state index is 10.1. The van der Waals surface area contributed by atoms with Crippen LogP contribution in [0.1, 0.15) is 13.8 Å². The zero-order valence-corrected chi connectivity index (χ0v) is 7.22. The summed E-state index contributed by atoms with van der Waals surface area (Å²) in [6.07, 6.45) is -1.41. The molecule has 0 heterocycles. The predicted molar refractivity (Wildman–Crippen MR) is 33.8 cm³/mol. The molecule has 0 amide bonds. The van der Waals surface area contributed by atoms with Crippen molar-refractivity contribution < 1.29 is 31.5 Å². The second kappa shape index (κ2) is 6.92. The van der Waals surface area contributed by atoms with Crippen LogP contribution < -0.4 is 0 Å². The molecule has 0 fully saturated rings. The van der Waals surface area contributed by atoms with Gasteiger partial charge in [-0.25, -0.2) is 0 Å². The van der Waals surface area contributed by atoms with Crippen LogP contribution in [0.3, 0.4) is 0 Å². The van der Waals surface area contributed by atoms with Crippen LogP contribution in [0.2, 0.25) is 0 Å². The molecule has 0 unspecified atom stereocenters. The molecule has 0 aromatic carbocycles. The molecule has 1 radical (unpaired) electrons. The molecule has 0 aromatic heterocycles. The SMILES string of the molecule is CC(=O)C(O)C(C)=O.[CH3-].[Co]. The molecule has 0 aliphatic carbocycles. The van der Waals surface area contributed by atoms with Gasteiger partial charge in [-0.15, -0.1) is 0 Å². The molecule has 0 aromatic rings. The minimum atomic E-state index is -1.41. The first kappa shape index (κ1) is 16.4. The molecule has 0 aliphatic rings. The summed E-state index contributed by atoms with van der Waals surface area (Å²) in [5.41, 5.74) is 0. The third kappa shape index (κ3) is 5.93. The number of carbonyl (C=O) groups is 2. The van der Waals surface area contributed by atoms with E-state index in [9.17, 15) is 9.59 Å². The van der Waals surface area contributed by atoms with Crippen molar-refractivity contribution in [3.8, 4) is 0 Å². The Morgan fingerprint density at radius 3 is 1.40 bits per heavy atom. The Bertz CT molecular complexity index is 108. The molecule has 0 saturated carbocycles. The van der Waals surface area contributed by atoms with E-state index in [-0.39, 0.29) is 24.2 Å². The van der Waals surface area contributed by atoms with E-state index in [0.717, 1.165) is 0 Å². The van der Waals surface area contributed by atoms with Crippen LogP contribution in [0.25, 0.3) is 0 Å². The first-order valence-corrected chi connectivity index (χ1v) is 2.24. The van der Waals surface area contributed by atoms with Crippen molar-refractivity contribution in [2.45, 2.75) is 20.0 Å². The Morgan fingerprint density at radius 2 is 1.40 bits per heavy atom. The first-order valence-electron chi connectivity index (χ1n) is 2.24. The summed E-state index contributed by atoms with van der Waals surface area (Å²) in [7, 11) is 0. The average Bonchev–Trinajstić information content (AvgIpc) is 1.64. The molecule has 0 saturated heterocycles. The first-order chi connectivity index (χ1) is 3.55. The normalized spacial score (nSPS) is 7.60. The van der Waals surface area contributed by atoms with E-state index in [2.05, 4.69) is 0 Å².